The fourth-order valence-corrected chi connectivity index (χ4v) is 2.60. The number of hydrogen-bond donors (Lipinski definition) is 2. The van der Waals surface area contributed by atoms with Crippen molar-refractivity contribution in [1.82, 2.24) is 10.0 Å². The Morgan fingerprint density at radius 3 is 2.44 bits per heavy atom. The Balaban J connectivity index is 2.27. The second-order valence-electron chi connectivity index (χ2n) is 4.68. The quantitative estimate of drug-likeness (QED) is 0.672. The van der Waals surface area contributed by atoms with Gasteiger partial charge in [-0.25, -0.2) is 13.1 Å². The molecule has 0 aromatic carbocycles. The predicted molar refractivity (Wildman–Crippen MR) is 67.0 cm³/mol. The van der Waals surface area contributed by atoms with Crippen LogP contribution < -0.4 is 10.0 Å². The number of rotatable bonds is 6. The van der Waals surface area contributed by atoms with Crippen molar-refractivity contribution < 1.29 is 13.2 Å². The number of carbonyl (C=O) groups is 1. The molecule has 1 aliphatic carbocycles. The normalized spacial score (nSPS) is 18.2. The fourth-order valence-electron chi connectivity index (χ4n) is 2.09. The molecule has 0 spiro atoms. The van der Waals surface area contributed by atoms with Gasteiger partial charge in [-0.05, 0) is 19.3 Å². The molecular weight excluding hydrogens is 254 g/mol. The molecule has 102 valence electrons. The molecule has 1 saturated carbocycles. The predicted octanol–water partition coefficient (Wildman–Crippen LogP) is 0.126. The third-order valence-electron chi connectivity index (χ3n) is 3.11. The van der Waals surface area contributed by atoms with Crippen LogP contribution in [0.25, 0.3) is 0 Å². The lowest BCUT2D eigenvalue weighted by Crippen LogP contribution is -2.39. The molecule has 0 unspecified atom stereocenters. The fraction of sp³-hybridized carbons (Fsp3) is 0.818. The van der Waals surface area contributed by atoms with Crippen molar-refractivity contribution in [1.29, 1.82) is 5.26 Å². The Labute approximate surface area is 108 Å². The van der Waals surface area contributed by atoms with Gasteiger partial charge in [0, 0.05) is 13.1 Å². The Bertz CT molecular complexity index is 433. The highest BCUT2D eigenvalue weighted by atomic mass is 32.2. The van der Waals surface area contributed by atoms with Gasteiger partial charge in [0.25, 0.3) is 0 Å². The number of hydrogen-bond acceptors (Lipinski definition) is 4. The summed E-state index contributed by atoms with van der Waals surface area (Å²) < 4.78 is 23.9. The smallest absolute Gasteiger partial charge is 0.240 e. The largest absolute Gasteiger partial charge is 0.355 e. The van der Waals surface area contributed by atoms with Crippen LogP contribution in [0.5, 0.6) is 0 Å². The molecule has 0 aromatic rings. The first-order valence-corrected chi connectivity index (χ1v) is 7.93. The minimum absolute atomic E-state index is 0.221. The van der Waals surface area contributed by atoms with Gasteiger partial charge >= 0.3 is 0 Å². The molecule has 1 rings (SSSR count). The van der Waals surface area contributed by atoms with Crippen molar-refractivity contribution in [3.05, 3.63) is 0 Å². The van der Waals surface area contributed by atoms with Gasteiger partial charge in [0.05, 0.1) is 12.3 Å². The van der Waals surface area contributed by atoms with E-state index in [1.807, 2.05) is 0 Å². The summed E-state index contributed by atoms with van der Waals surface area (Å²) in [6, 6.07) is 2.12. The summed E-state index contributed by atoms with van der Waals surface area (Å²) in [6.45, 7) is 0.670. The molecule has 1 aliphatic rings. The summed E-state index contributed by atoms with van der Waals surface area (Å²) in [6.07, 6.45) is 4.68. The highest BCUT2D eigenvalue weighted by Gasteiger charge is 2.41. The molecule has 1 amide bonds. The molecule has 0 heterocycles. The zero-order chi connectivity index (χ0) is 13.6. The van der Waals surface area contributed by atoms with Crippen LogP contribution in [0.1, 0.15) is 32.1 Å². The lowest BCUT2D eigenvalue weighted by Gasteiger charge is -2.19. The third kappa shape index (κ3) is 4.27. The Kier molecular flexibility index (Phi) is 5.11. The second kappa shape index (κ2) is 6.16. The molecule has 0 radical (unpaired) electrons. The zero-order valence-corrected chi connectivity index (χ0v) is 11.3. The number of nitriles is 1. The van der Waals surface area contributed by atoms with Crippen molar-refractivity contribution in [3.63, 3.8) is 0 Å². The summed E-state index contributed by atoms with van der Waals surface area (Å²) in [5.41, 5.74) is -0.857. The highest BCUT2D eigenvalue weighted by molar-refractivity contribution is 7.88. The number of nitrogens with one attached hydrogen (secondary N) is 2. The third-order valence-corrected chi connectivity index (χ3v) is 3.84. The average molecular weight is 273 g/mol. The summed E-state index contributed by atoms with van der Waals surface area (Å²) in [4.78, 5) is 11.9. The molecule has 1 fully saturated rings. The van der Waals surface area contributed by atoms with E-state index in [-0.39, 0.29) is 5.91 Å². The van der Waals surface area contributed by atoms with Crippen LogP contribution in [0.15, 0.2) is 0 Å². The van der Waals surface area contributed by atoms with Crippen LogP contribution in [0.2, 0.25) is 0 Å². The van der Waals surface area contributed by atoms with E-state index in [4.69, 9.17) is 5.26 Å². The molecule has 0 aromatic heterocycles. The number of sulfonamides is 1. The topological polar surface area (TPSA) is 99.1 Å². The standard InChI is InChI=1S/C11H19N3O3S/c1-18(16,17)14-8-4-7-13-10(15)11(9-12)5-2-3-6-11/h14H,2-8H2,1H3,(H,13,15). The second-order valence-corrected chi connectivity index (χ2v) is 6.51. The minimum Gasteiger partial charge on any atom is -0.355 e. The number of nitrogens with zero attached hydrogens (tertiary/aromatic N) is 1. The van der Waals surface area contributed by atoms with E-state index in [0.29, 0.717) is 32.4 Å². The maximum Gasteiger partial charge on any atom is 0.240 e. The van der Waals surface area contributed by atoms with Gasteiger partial charge in [0.1, 0.15) is 5.41 Å². The van der Waals surface area contributed by atoms with Crippen molar-refractivity contribution in [2.75, 3.05) is 19.3 Å². The molecule has 0 bridgehead atoms. The van der Waals surface area contributed by atoms with Crippen molar-refractivity contribution in [2.45, 2.75) is 32.1 Å². The van der Waals surface area contributed by atoms with Crippen molar-refractivity contribution >= 4 is 15.9 Å². The molecule has 0 aliphatic heterocycles. The maximum atomic E-state index is 11.9. The van der Waals surface area contributed by atoms with E-state index in [0.717, 1.165) is 19.1 Å². The van der Waals surface area contributed by atoms with Crippen LogP contribution in [0, 0.1) is 16.7 Å². The minimum atomic E-state index is -3.17. The van der Waals surface area contributed by atoms with E-state index in [9.17, 15) is 13.2 Å². The summed E-state index contributed by atoms with van der Waals surface area (Å²) in [5, 5.41) is 11.8. The molecule has 6 nitrogen and oxygen atoms in total. The van der Waals surface area contributed by atoms with Gasteiger partial charge < -0.3 is 5.32 Å². The van der Waals surface area contributed by atoms with E-state index < -0.39 is 15.4 Å². The highest BCUT2D eigenvalue weighted by Crippen LogP contribution is 2.37. The van der Waals surface area contributed by atoms with Gasteiger partial charge in [-0.2, -0.15) is 5.26 Å². The molecule has 0 atom stereocenters. The lowest BCUT2D eigenvalue weighted by atomic mass is 9.87. The van der Waals surface area contributed by atoms with Gasteiger partial charge in [-0.1, -0.05) is 12.8 Å². The van der Waals surface area contributed by atoms with Crippen LogP contribution in [-0.4, -0.2) is 33.7 Å². The van der Waals surface area contributed by atoms with Crippen LogP contribution in [-0.2, 0) is 14.8 Å². The van der Waals surface area contributed by atoms with E-state index in [1.54, 1.807) is 0 Å². The molecule has 2 N–H and O–H groups in total. The van der Waals surface area contributed by atoms with Gasteiger partial charge in [-0.15, -0.1) is 0 Å². The molecule has 7 heteroatoms. The van der Waals surface area contributed by atoms with E-state index in [1.165, 1.54) is 0 Å². The first-order chi connectivity index (χ1) is 8.40. The van der Waals surface area contributed by atoms with Gasteiger partial charge in [0.15, 0.2) is 0 Å². The lowest BCUT2D eigenvalue weighted by molar-refractivity contribution is -0.127. The summed E-state index contributed by atoms with van der Waals surface area (Å²) >= 11 is 0. The summed E-state index contributed by atoms with van der Waals surface area (Å²) in [5.74, 6) is -0.221. The van der Waals surface area contributed by atoms with Crippen LogP contribution in [0.3, 0.4) is 0 Å². The Morgan fingerprint density at radius 1 is 1.33 bits per heavy atom. The molecule has 18 heavy (non-hydrogen) atoms. The Morgan fingerprint density at radius 2 is 1.94 bits per heavy atom. The van der Waals surface area contributed by atoms with E-state index in [2.05, 4.69) is 16.1 Å². The Hall–Kier alpha value is -1.13. The maximum absolute atomic E-state index is 11.9. The number of amides is 1. The average Bonchev–Trinajstić information content (AvgIpc) is 2.76. The van der Waals surface area contributed by atoms with Crippen molar-refractivity contribution in [3.8, 4) is 6.07 Å². The van der Waals surface area contributed by atoms with E-state index >= 15 is 0 Å². The monoisotopic (exact) mass is 273 g/mol. The zero-order valence-electron chi connectivity index (χ0n) is 10.5. The first-order valence-electron chi connectivity index (χ1n) is 6.04. The summed E-state index contributed by atoms with van der Waals surface area (Å²) in [7, 11) is -3.17. The van der Waals surface area contributed by atoms with Crippen LogP contribution in [0.4, 0.5) is 0 Å². The SMILES string of the molecule is CS(=O)(=O)NCCCNC(=O)C1(C#N)CCCC1. The molecule has 0 saturated heterocycles. The van der Waals surface area contributed by atoms with Gasteiger partial charge in [-0.3, -0.25) is 4.79 Å². The van der Waals surface area contributed by atoms with Crippen molar-refractivity contribution in [2.24, 2.45) is 5.41 Å². The number of carbonyl (C=O) groups excluding carboxylic acids is 1. The van der Waals surface area contributed by atoms with Crippen LogP contribution >= 0.6 is 0 Å². The molecular formula is C11H19N3O3S. The van der Waals surface area contributed by atoms with Gasteiger partial charge in [0.2, 0.25) is 15.9 Å². The first kappa shape index (κ1) is 14.9.